The summed E-state index contributed by atoms with van der Waals surface area (Å²) in [6.45, 7) is 0. The highest BCUT2D eigenvalue weighted by Crippen LogP contribution is 2.27. The third-order valence-corrected chi connectivity index (χ3v) is 5.86. The van der Waals surface area contributed by atoms with E-state index in [9.17, 15) is 8.60 Å². The number of halogens is 2. The number of hydrogen-bond acceptors (Lipinski definition) is 4. The van der Waals surface area contributed by atoms with E-state index in [0.717, 1.165) is 10.2 Å². The predicted octanol–water partition coefficient (Wildman–Crippen LogP) is 3.98. The SMILES string of the molecule is Nc1ccc2nc(S(=O)Cc3ccc(F)c(Cl)c3)sc2c1. The normalized spacial score (nSPS) is 12.7. The van der Waals surface area contributed by atoms with Crippen LogP contribution in [0.5, 0.6) is 0 Å². The maximum Gasteiger partial charge on any atom is 0.182 e. The molecule has 0 aliphatic rings. The first-order valence-corrected chi connectivity index (χ1v) is 8.52. The first kappa shape index (κ1) is 14.4. The fraction of sp³-hybridized carbons (Fsp3) is 0.0714. The van der Waals surface area contributed by atoms with Crippen LogP contribution >= 0.6 is 22.9 Å². The third-order valence-electron chi connectivity index (χ3n) is 2.87. The molecule has 0 amide bonds. The molecule has 3 rings (SSSR count). The largest absolute Gasteiger partial charge is 0.399 e. The summed E-state index contributed by atoms with van der Waals surface area (Å²) < 4.78 is 26.9. The van der Waals surface area contributed by atoms with Crippen molar-refractivity contribution in [2.45, 2.75) is 10.1 Å². The molecule has 2 N–H and O–H groups in total. The molecule has 3 aromatic rings. The van der Waals surface area contributed by atoms with Gasteiger partial charge in [-0.15, -0.1) is 11.3 Å². The molecule has 0 bridgehead atoms. The van der Waals surface area contributed by atoms with Crippen LogP contribution in [0, 0.1) is 5.82 Å². The van der Waals surface area contributed by atoms with Crippen LogP contribution in [0.2, 0.25) is 5.02 Å². The van der Waals surface area contributed by atoms with Crippen LogP contribution in [0.15, 0.2) is 40.7 Å². The molecule has 3 nitrogen and oxygen atoms in total. The fourth-order valence-electron chi connectivity index (χ4n) is 1.86. The third kappa shape index (κ3) is 3.07. The Morgan fingerprint density at radius 1 is 1.29 bits per heavy atom. The number of nitrogen functional groups attached to an aromatic ring is 1. The molecule has 0 fully saturated rings. The molecule has 1 atom stereocenters. The monoisotopic (exact) mass is 340 g/mol. The predicted molar refractivity (Wildman–Crippen MR) is 85.6 cm³/mol. The lowest BCUT2D eigenvalue weighted by Gasteiger charge is -2.01. The summed E-state index contributed by atoms with van der Waals surface area (Å²) in [6.07, 6.45) is 0. The molecular formula is C14H10ClFN2OS2. The average molecular weight is 341 g/mol. The number of thiazole rings is 1. The number of rotatable bonds is 3. The Balaban J connectivity index is 1.87. The number of benzene rings is 2. The number of nitrogens with zero attached hydrogens (tertiary/aromatic N) is 1. The Morgan fingerprint density at radius 2 is 2.10 bits per heavy atom. The van der Waals surface area contributed by atoms with Crippen molar-refractivity contribution in [1.29, 1.82) is 0 Å². The molecule has 0 saturated heterocycles. The van der Waals surface area contributed by atoms with Crippen LogP contribution in [0.4, 0.5) is 10.1 Å². The van der Waals surface area contributed by atoms with Gasteiger partial charge in [-0.2, -0.15) is 0 Å². The van der Waals surface area contributed by atoms with E-state index < -0.39 is 16.6 Å². The Morgan fingerprint density at radius 3 is 2.86 bits per heavy atom. The van der Waals surface area contributed by atoms with Crippen LogP contribution in [0.3, 0.4) is 0 Å². The highest BCUT2D eigenvalue weighted by molar-refractivity contribution is 7.86. The lowest BCUT2D eigenvalue weighted by Crippen LogP contribution is -1.96. The van der Waals surface area contributed by atoms with E-state index in [2.05, 4.69) is 4.98 Å². The number of nitrogens with two attached hydrogens (primary N) is 1. The van der Waals surface area contributed by atoms with Gasteiger partial charge < -0.3 is 5.73 Å². The molecule has 1 heterocycles. The van der Waals surface area contributed by atoms with E-state index in [4.69, 9.17) is 17.3 Å². The smallest absolute Gasteiger partial charge is 0.182 e. The molecule has 21 heavy (non-hydrogen) atoms. The summed E-state index contributed by atoms with van der Waals surface area (Å²) in [6, 6.07) is 9.70. The molecule has 0 radical (unpaired) electrons. The van der Waals surface area contributed by atoms with Gasteiger partial charge in [0.25, 0.3) is 0 Å². The van der Waals surface area contributed by atoms with E-state index in [1.165, 1.54) is 23.5 Å². The standard InChI is InChI=1S/C14H10ClFN2OS2/c15-10-5-8(1-3-11(10)16)7-21(19)14-18-12-4-2-9(17)6-13(12)20-14/h1-6H,7,17H2. The zero-order valence-corrected chi connectivity index (χ0v) is 13.1. The van der Waals surface area contributed by atoms with Crippen LogP contribution in [-0.4, -0.2) is 9.19 Å². The van der Waals surface area contributed by atoms with Crippen LogP contribution < -0.4 is 5.73 Å². The number of anilines is 1. The molecule has 0 spiro atoms. The second-order valence-electron chi connectivity index (χ2n) is 4.45. The van der Waals surface area contributed by atoms with E-state index in [0.29, 0.717) is 15.6 Å². The van der Waals surface area contributed by atoms with Gasteiger partial charge in [-0.05, 0) is 35.9 Å². The minimum atomic E-state index is -1.30. The van der Waals surface area contributed by atoms with Gasteiger partial charge in [0.05, 0.1) is 31.8 Å². The van der Waals surface area contributed by atoms with Crippen LogP contribution in [0.25, 0.3) is 10.2 Å². The lowest BCUT2D eigenvalue weighted by atomic mass is 10.2. The van der Waals surface area contributed by atoms with Gasteiger partial charge in [-0.25, -0.2) is 9.37 Å². The van der Waals surface area contributed by atoms with Crippen molar-refractivity contribution >= 4 is 49.6 Å². The molecule has 0 saturated carbocycles. The summed E-state index contributed by atoms with van der Waals surface area (Å²) in [5.41, 5.74) is 7.84. The minimum absolute atomic E-state index is 0.0292. The van der Waals surface area contributed by atoms with Gasteiger partial charge in [-0.1, -0.05) is 17.7 Å². The van der Waals surface area contributed by atoms with Gasteiger partial charge in [0.1, 0.15) is 5.82 Å². The molecule has 108 valence electrons. The maximum absolute atomic E-state index is 13.1. The topological polar surface area (TPSA) is 56.0 Å². The van der Waals surface area contributed by atoms with Crippen LogP contribution in [0.1, 0.15) is 5.56 Å². The van der Waals surface area contributed by atoms with Crippen molar-refractivity contribution in [3.8, 4) is 0 Å². The van der Waals surface area contributed by atoms with Gasteiger partial charge >= 0.3 is 0 Å². The quantitative estimate of drug-likeness (QED) is 0.734. The molecule has 1 aromatic heterocycles. The Labute approximate surface area is 132 Å². The summed E-state index contributed by atoms with van der Waals surface area (Å²) in [5.74, 6) is -0.239. The number of fused-ring (bicyclic) bond motifs is 1. The number of hydrogen-bond donors (Lipinski definition) is 1. The Hall–Kier alpha value is -1.50. The molecule has 0 aliphatic heterocycles. The van der Waals surface area contributed by atoms with Gasteiger partial charge in [0.15, 0.2) is 4.34 Å². The van der Waals surface area contributed by atoms with E-state index in [-0.39, 0.29) is 10.8 Å². The summed E-state index contributed by atoms with van der Waals surface area (Å²) in [5, 5.41) is 0.0292. The fourth-order valence-corrected chi connectivity index (χ4v) is 4.43. The summed E-state index contributed by atoms with van der Waals surface area (Å²) >= 11 is 7.07. The zero-order valence-electron chi connectivity index (χ0n) is 10.7. The Bertz CT molecular complexity index is 850. The van der Waals surface area contributed by atoms with Gasteiger partial charge in [0, 0.05) is 5.69 Å². The van der Waals surface area contributed by atoms with Gasteiger partial charge in [0.2, 0.25) is 0 Å². The van der Waals surface area contributed by atoms with E-state index in [1.807, 2.05) is 6.07 Å². The second-order valence-corrected chi connectivity index (χ2v) is 7.51. The lowest BCUT2D eigenvalue weighted by molar-refractivity contribution is 0.627. The van der Waals surface area contributed by atoms with Gasteiger partial charge in [-0.3, -0.25) is 4.21 Å². The minimum Gasteiger partial charge on any atom is -0.399 e. The first-order valence-electron chi connectivity index (χ1n) is 6.01. The van der Waals surface area contributed by atoms with Crippen molar-refractivity contribution in [2.75, 3.05) is 5.73 Å². The van der Waals surface area contributed by atoms with Crippen molar-refractivity contribution in [1.82, 2.24) is 4.98 Å². The molecular weight excluding hydrogens is 331 g/mol. The molecule has 0 aliphatic carbocycles. The second kappa shape index (κ2) is 5.71. The van der Waals surface area contributed by atoms with Crippen molar-refractivity contribution in [3.05, 3.63) is 52.8 Å². The average Bonchev–Trinajstić information content (AvgIpc) is 2.86. The highest BCUT2D eigenvalue weighted by atomic mass is 35.5. The van der Waals surface area contributed by atoms with Crippen molar-refractivity contribution in [3.63, 3.8) is 0 Å². The molecule has 7 heteroatoms. The highest BCUT2D eigenvalue weighted by Gasteiger charge is 2.12. The van der Waals surface area contributed by atoms with E-state index in [1.54, 1.807) is 18.2 Å². The molecule has 1 unspecified atom stereocenters. The summed E-state index contributed by atoms with van der Waals surface area (Å²) in [7, 11) is -1.30. The Kier molecular flexibility index (Phi) is 3.93. The van der Waals surface area contributed by atoms with Crippen molar-refractivity contribution in [2.24, 2.45) is 0 Å². The maximum atomic E-state index is 13.1. The van der Waals surface area contributed by atoms with E-state index >= 15 is 0 Å². The number of aromatic nitrogens is 1. The first-order chi connectivity index (χ1) is 10.0. The zero-order chi connectivity index (χ0) is 15.0. The summed E-state index contributed by atoms with van der Waals surface area (Å²) in [4.78, 5) is 4.35. The van der Waals surface area contributed by atoms with Crippen LogP contribution in [-0.2, 0) is 16.6 Å². The molecule has 2 aromatic carbocycles. The van der Waals surface area contributed by atoms with Crippen molar-refractivity contribution < 1.29 is 8.60 Å².